The highest BCUT2D eigenvalue weighted by Gasteiger charge is 2.35. The largest absolute Gasteiger partial charge is 0.433 e. The lowest BCUT2D eigenvalue weighted by molar-refractivity contribution is -0.141. The topological polar surface area (TPSA) is 32.3 Å². The van der Waals surface area contributed by atoms with Gasteiger partial charge in [0.05, 0.1) is 0 Å². The molecular formula is C13H16ClF3N4. The van der Waals surface area contributed by atoms with Crippen molar-refractivity contribution in [3.63, 3.8) is 0 Å². The summed E-state index contributed by atoms with van der Waals surface area (Å²) in [7, 11) is 0. The molecule has 0 N–H and O–H groups in total. The SMILES string of the molecule is FC(F)(F)c1cc(N2CCCN3CCCC3C2)nc(Cl)n1. The summed E-state index contributed by atoms with van der Waals surface area (Å²) in [5.41, 5.74) is -0.981. The number of aromatic nitrogens is 2. The molecule has 0 amide bonds. The third-order valence-electron chi connectivity index (χ3n) is 4.10. The van der Waals surface area contributed by atoms with Crippen LogP contribution in [0.5, 0.6) is 0 Å². The standard InChI is InChI=1S/C13H16ClF3N4/c14-12-18-10(13(15,16)17)7-11(19-12)21-6-2-5-20-4-1-3-9(20)8-21/h7,9H,1-6,8H2. The zero-order chi connectivity index (χ0) is 15.0. The van der Waals surface area contributed by atoms with Crippen LogP contribution in [0.1, 0.15) is 25.0 Å². The predicted octanol–water partition coefficient (Wildman–Crippen LogP) is 2.82. The average molecular weight is 321 g/mol. The Labute approximate surface area is 125 Å². The van der Waals surface area contributed by atoms with Gasteiger partial charge in [0.2, 0.25) is 5.28 Å². The number of fused-ring (bicyclic) bond motifs is 1. The first-order valence-corrected chi connectivity index (χ1v) is 7.42. The molecule has 8 heteroatoms. The van der Waals surface area contributed by atoms with E-state index in [4.69, 9.17) is 11.6 Å². The van der Waals surface area contributed by atoms with Gasteiger partial charge in [-0.15, -0.1) is 0 Å². The summed E-state index contributed by atoms with van der Waals surface area (Å²) in [6, 6.07) is 1.40. The third kappa shape index (κ3) is 3.23. The fraction of sp³-hybridized carbons (Fsp3) is 0.692. The number of rotatable bonds is 1. The van der Waals surface area contributed by atoms with Gasteiger partial charge in [0.25, 0.3) is 0 Å². The molecule has 0 bridgehead atoms. The van der Waals surface area contributed by atoms with Crippen LogP contribution in [0.2, 0.25) is 5.28 Å². The summed E-state index contributed by atoms with van der Waals surface area (Å²) in [5.74, 6) is 0.274. The van der Waals surface area contributed by atoms with E-state index in [1.807, 2.05) is 4.90 Å². The van der Waals surface area contributed by atoms with Crippen LogP contribution in [0.25, 0.3) is 0 Å². The van der Waals surface area contributed by atoms with E-state index in [0.717, 1.165) is 38.4 Å². The fourth-order valence-electron chi connectivity index (χ4n) is 3.13. The van der Waals surface area contributed by atoms with Gasteiger partial charge in [-0.3, -0.25) is 4.90 Å². The zero-order valence-electron chi connectivity index (χ0n) is 11.4. The zero-order valence-corrected chi connectivity index (χ0v) is 12.2. The predicted molar refractivity (Wildman–Crippen MR) is 73.5 cm³/mol. The van der Waals surface area contributed by atoms with Crippen molar-refractivity contribution in [1.29, 1.82) is 0 Å². The van der Waals surface area contributed by atoms with E-state index in [2.05, 4.69) is 14.9 Å². The number of anilines is 1. The molecule has 2 aliphatic rings. The van der Waals surface area contributed by atoms with Crippen LogP contribution in [0.4, 0.5) is 19.0 Å². The van der Waals surface area contributed by atoms with Crippen molar-refractivity contribution >= 4 is 17.4 Å². The van der Waals surface area contributed by atoms with Crippen LogP contribution in [0, 0.1) is 0 Å². The van der Waals surface area contributed by atoms with Gasteiger partial charge in [0.1, 0.15) is 5.82 Å². The second kappa shape index (κ2) is 5.61. The molecule has 1 unspecified atom stereocenters. The number of hydrogen-bond donors (Lipinski definition) is 0. The molecule has 1 atom stereocenters. The molecule has 2 aliphatic heterocycles. The van der Waals surface area contributed by atoms with Gasteiger partial charge in [-0.05, 0) is 37.4 Å². The van der Waals surface area contributed by atoms with E-state index < -0.39 is 11.9 Å². The first-order valence-electron chi connectivity index (χ1n) is 7.04. The molecule has 2 fully saturated rings. The first kappa shape index (κ1) is 14.8. The Bertz CT molecular complexity index is 523. The quantitative estimate of drug-likeness (QED) is 0.745. The lowest BCUT2D eigenvalue weighted by Gasteiger charge is -2.26. The Kier molecular flexibility index (Phi) is 3.96. The normalized spacial score (nSPS) is 24.0. The Balaban J connectivity index is 1.87. The van der Waals surface area contributed by atoms with Crippen molar-refractivity contribution in [3.8, 4) is 0 Å². The summed E-state index contributed by atoms with van der Waals surface area (Å²) in [4.78, 5) is 11.6. The van der Waals surface area contributed by atoms with Crippen molar-refractivity contribution in [3.05, 3.63) is 17.0 Å². The molecule has 0 saturated carbocycles. The first-order chi connectivity index (χ1) is 9.93. The smallest absolute Gasteiger partial charge is 0.355 e. The summed E-state index contributed by atoms with van der Waals surface area (Å²) >= 11 is 5.67. The van der Waals surface area contributed by atoms with Gasteiger partial charge >= 0.3 is 6.18 Å². The molecule has 2 saturated heterocycles. The molecule has 1 aromatic heterocycles. The minimum atomic E-state index is -4.51. The molecule has 0 radical (unpaired) electrons. The number of halogens is 4. The molecule has 3 rings (SSSR count). The summed E-state index contributed by atoms with van der Waals surface area (Å²) < 4.78 is 38.5. The molecule has 0 aliphatic carbocycles. The lowest BCUT2D eigenvalue weighted by Crippen LogP contribution is -2.37. The van der Waals surface area contributed by atoms with Gasteiger partial charge in [0, 0.05) is 31.7 Å². The van der Waals surface area contributed by atoms with Crippen LogP contribution in [-0.4, -0.2) is 47.1 Å². The Morgan fingerprint density at radius 3 is 2.67 bits per heavy atom. The summed E-state index contributed by atoms with van der Waals surface area (Å²) in [6.45, 7) is 3.46. The molecule has 0 aromatic carbocycles. The van der Waals surface area contributed by atoms with Gasteiger partial charge in [-0.1, -0.05) is 0 Å². The van der Waals surface area contributed by atoms with Crippen molar-refractivity contribution in [2.24, 2.45) is 0 Å². The number of hydrogen-bond acceptors (Lipinski definition) is 4. The maximum absolute atomic E-state index is 12.8. The molecule has 21 heavy (non-hydrogen) atoms. The highest BCUT2D eigenvalue weighted by molar-refractivity contribution is 6.28. The van der Waals surface area contributed by atoms with Gasteiger partial charge in [-0.2, -0.15) is 13.2 Å². The van der Waals surface area contributed by atoms with E-state index in [1.165, 1.54) is 0 Å². The minimum Gasteiger partial charge on any atom is -0.355 e. The molecule has 1 aromatic rings. The van der Waals surface area contributed by atoms with E-state index in [1.54, 1.807) is 0 Å². The van der Waals surface area contributed by atoms with Crippen molar-refractivity contribution in [2.75, 3.05) is 31.1 Å². The van der Waals surface area contributed by atoms with Crippen LogP contribution in [0.3, 0.4) is 0 Å². The summed E-state index contributed by atoms with van der Waals surface area (Å²) in [5, 5.41) is -0.354. The minimum absolute atomic E-state index is 0.274. The highest BCUT2D eigenvalue weighted by atomic mass is 35.5. The van der Waals surface area contributed by atoms with Crippen LogP contribution in [-0.2, 0) is 6.18 Å². The molecular weight excluding hydrogens is 305 g/mol. The third-order valence-corrected chi connectivity index (χ3v) is 4.27. The lowest BCUT2D eigenvalue weighted by atomic mass is 10.2. The van der Waals surface area contributed by atoms with Gasteiger partial charge in [-0.25, -0.2) is 9.97 Å². The molecule has 116 valence electrons. The van der Waals surface area contributed by atoms with Crippen molar-refractivity contribution < 1.29 is 13.2 Å². The van der Waals surface area contributed by atoms with Gasteiger partial charge < -0.3 is 4.90 Å². The Hall–Kier alpha value is -1.08. The van der Waals surface area contributed by atoms with E-state index in [-0.39, 0.29) is 11.1 Å². The molecule has 3 heterocycles. The number of nitrogens with zero attached hydrogens (tertiary/aromatic N) is 4. The van der Waals surface area contributed by atoms with Crippen molar-refractivity contribution in [2.45, 2.75) is 31.5 Å². The van der Waals surface area contributed by atoms with Crippen LogP contribution in [0.15, 0.2) is 6.07 Å². The van der Waals surface area contributed by atoms with Crippen LogP contribution < -0.4 is 4.90 Å². The second-order valence-corrected chi connectivity index (χ2v) is 5.85. The average Bonchev–Trinajstić information content (AvgIpc) is 2.74. The maximum atomic E-state index is 12.8. The van der Waals surface area contributed by atoms with E-state index in [9.17, 15) is 13.2 Å². The monoisotopic (exact) mass is 320 g/mol. The summed E-state index contributed by atoms with van der Waals surface area (Å²) in [6.07, 6.45) is -1.36. The second-order valence-electron chi connectivity index (χ2n) is 5.51. The number of alkyl halides is 3. The Morgan fingerprint density at radius 1 is 1.14 bits per heavy atom. The Morgan fingerprint density at radius 2 is 1.90 bits per heavy atom. The van der Waals surface area contributed by atoms with Crippen molar-refractivity contribution in [1.82, 2.24) is 14.9 Å². The van der Waals surface area contributed by atoms with Gasteiger partial charge in [0.15, 0.2) is 5.69 Å². The fourth-order valence-corrected chi connectivity index (χ4v) is 3.31. The van der Waals surface area contributed by atoms with E-state index >= 15 is 0 Å². The molecule has 4 nitrogen and oxygen atoms in total. The highest BCUT2D eigenvalue weighted by Crippen LogP contribution is 2.31. The maximum Gasteiger partial charge on any atom is 0.433 e. The van der Waals surface area contributed by atoms with E-state index in [0.29, 0.717) is 19.1 Å². The van der Waals surface area contributed by atoms with Crippen LogP contribution >= 0.6 is 11.6 Å². The molecule has 0 spiro atoms.